The maximum atomic E-state index is 12.2. The lowest BCUT2D eigenvalue weighted by atomic mass is 10.2. The molecule has 7 heteroatoms. The molecular formula is C19H25N3O4. The van der Waals surface area contributed by atoms with Crippen LogP contribution in [0.2, 0.25) is 0 Å². The Bertz CT molecular complexity index is 796. The van der Waals surface area contributed by atoms with Gasteiger partial charge in [-0.15, -0.1) is 0 Å². The number of anilines is 1. The maximum absolute atomic E-state index is 12.2. The number of nitrogens with one attached hydrogen (secondary N) is 1. The van der Waals surface area contributed by atoms with E-state index in [1.807, 2.05) is 20.8 Å². The first-order valence-electron chi connectivity index (χ1n) is 8.48. The van der Waals surface area contributed by atoms with Crippen LogP contribution in [0.25, 0.3) is 0 Å². The van der Waals surface area contributed by atoms with E-state index in [0.29, 0.717) is 35.2 Å². The highest BCUT2D eigenvalue weighted by atomic mass is 16.5. The van der Waals surface area contributed by atoms with Crippen molar-refractivity contribution in [1.29, 1.82) is 0 Å². The predicted molar refractivity (Wildman–Crippen MR) is 98.4 cm³/mol. The van der Waals surface area contributed by atoms with Crippen molar-refractivity contribution in [2.75, 3.05) is 18.5 Å². The Morgan fingerprint density at radius 3 is 2.62 bits per heavy atom. The molecule has 0 spiro atoms. The molecule has 2 aromatic rings. The van der Waals surface area contributed by atoms with Crippen molar-refractivity contribution in [2.24, 2.45) is 13.0 Å². The van der Waals surface area contributed by atoms with Gasteiger partial charge in [-0.05, 0) is 38.0 Å². The number of aromatic nitrogens is 2. The molecule has 1 heterocycles. The smallest absolute Gasteiger partial charge is 0.338 e. The van der Waals surface area contributed by atoms with E-state index in [2.05, 4.69) is 10.4 Å². The van der Waals surface area contributed by atoms with Crippen molar-refractivity contribution in [2.45, 2.75) is 27.7 Å². The zero-order valence-electron chi connectivity index (χ0n) is 15.8. The molecule has 0 radical (unpaired) electrons. The van der Waals surface area contributed by atoms with Crippen LogP contribution in [0.15, 0.2) is 24.3 Å². The lowest BCUT2D eigenvalue weighted by Crippen LogP contribution is -2.21. The first-order chi connectivity index (χ1) is 12.3. The van der Waals surface area contributed by atoms with E-state index in [1.54, 1.807) is 42.9 Å². The molecule has 1 N–H and O–H groups in total. The molecule has 0 aliphatic heterocycles. The Balaban J connectivity index is 1.91. The number of carbonyl (C=O) groups is 2. The van der Waals surface area contributed by atoms with Gasteiger partial charge in [-0.1, -0.05) is 19.9 Å². The van der Waals surface area contributed by atoms with Gasteiger partial charge in [-0.2, -0.15) is 5.10 Å². The quantitative estimate of drug-likeness (QED) is 0.769. The van der Waals surface area contributed by atoms with Crippen LogP contribution in [0.5, 0.6) is 5.75 Å². The third-order valence-corrected chi connectivity index (χ3v) is 3.76. The van der Waals surface area contributed by atoms with Crippen LogP contribution < -0.4 is 10.1 Å². The first-order valence-corrected chi connectivity index (χ1v) is 8.48. The number of rotatable bonds is 7. The molecule has 0 unspecified atom stereocenters. The molecule has 7 nitrogen and oxygen atoms in total. The lowest BCUT2D eigenvalue weighted by molar-refractivity contribution is -0.119. The second-order valence-electron chi connectivity index (χ2n) is 6.53. The molecule has 0 fully saturated rings. The number of ether oxygens (including phenoxy) is 2. The average Bonchev–Trinajstić information content (AvgIpc) is 2.84. The summed E-state index contributed by atoms with van der Waals surface area (Å²) in [5, 5.41) is 6.95. The van der Waals surface area contributed by atoms with Gasteiger partial charge in [-0.3, -0.25) is 9.48 Å². The van der Waals surface area contributed by atoms with Crippen molar-refractivity contribution in [3.05, 3.63) is 41.2 Å². The fourth-order valence-electron chi connectivity index (χ4n) is 2.32. The van der Waals surface area contributed by atoms with Gasteiger partial charge < -0.3 is 14.8 Å². The normalized spacial score (nSPS) is 10.7. The molecule has 26 heavy (non-hydrogen) atoms. The molecule has 2 rings (SSSR count). The fraction of sp³-hybridized carbons (Fsp3) is 0.421. The van der Waals surface area contributed by atoms with Gasteiger partial charge in [0, 0.05) is 7.05 Å². The number of hydrogen-bond donors (Lipinski definition) is 1. The molecule has 0 saturated heterocycles. The Labute approximate surface area is 153 Å². The summed E-state index contributed by atoms with van der Waals surface area (Å²) >= 11 is 0. The summed E-state index contributed by atoms with van der Waals surface area (Å²) in [7, 11) is 1.80. The highest BCUT2D eigenvalue weighted by Crippen LogP contribution is 2.18. The number of amides is 1. The molecule has 0 atom stereocenters. The van der Waals surface area contributed by atoms with Gasteiger partial charge in [0.25, 0.3) is 5.91 Å². The van der Waals surface area contributed by atoms with Crippen LogP contribution in [0.1, 0.15) is 35.6 Å². The minimum Gasteiger partial charge on any atom is -0.493 e. The minimum atomic E-state index is -0.574. The van der Waals surface area contributed by atoms with Gasteiger partial charge in [-0.25, -0.2) is 4.79 Å². The van der Waals surface area contributed by atoms with Gasteiger partial charge >= 0.3 is 5.97 Å². The Morgan fingerprint density at radius 1 is 1.27 bits per heavy atom. The van der Waals surface area contributed by atoms with E-state index in [9.17, 15) is 9.59 Å². The zero-order chi connectivity index (χ0) is 19.3. The van der Waals surface area contributed by atoms with Crippen molar-refractivity contribution < 1.29 is 19.1 Å². The Hall–Kier alpha value is -2.83. The molecule has 0 saturated carbocycles. The first kappa shape index (κ1) is 19.5. The molecule has 0 bridgehead atoms. The number of nitrogens with zero attached hydrogens (tertiary/aromatic N) is 2. The topological polar surface area (TPSA) is 82.5 Å². The van der Waals surface area contributed by atoms with E-state index in [1.165, 1.54) is 0 Å². The molecule has 0 aliphatic carbocycles. The third-order valence-electron chi connectivity index (χ3n) is 3.76. The Kier molecular flexibility index (Phi) is 6.38. The van der Waals surface area contributed by atoms with Crippen molar-refractivity contribution in [3.8, 4) is 5.75 Å². The highest BCUT2D eigenvalue weighted by molar-refractivity contribution is 5.96. The van der Waals surface area contributed by atoms with Crippen molar-refractivity contribution in [3.63, 3.8) is 0 Å². The van der Waals surface area contributed by atoms with Crippen LogP contribution in [0.3, 0.4) is 0 Å². The number of aryl methyl sites for hydroxylation is 2. The van der Waals surface area contributed by atoms with Crippen molar-refractivity contribution in [1.82, 2.24) is 9.78 Å². The van der Waals surface area contributed by atoms with E-state index in [4.69, 9.17) is 9.47 Å². The molecule has 0 aliphatic rings. The summed E-state index contributed by atoms with van der Waals surface area (Å²) in [6.45, 7) is 7.93. The SMILES string of the molecule is Cc1nn(C)c(C)c1NC(=O)COC(=O)c1cccc(OCC(C)C)c1. The van der Waals surface area contributed by atoms with E-state index in [0.717, 1.165) is 5.69 Å². The van der Waals surface area contributed by atoms with E-state index >= 15 is 0 Å². The van der Waals surface area contributed by atoms with Crippen LogP contribution in [0, 0.1) is 19.8 Å². The molecular weight excluding hydrogens is 334 g/mol. The minimum absolute atomic E-state index is 0.341. The maximum Gasteiger partial charge on any atom is 0.338 e. The monoisotopic (exact) mass is 359 g/mol. The molecule has 1 aromatic heterocycles. The Morgan fingerprint density at radius 2 is 2.00 bits per heavy atom. The fourth-order valence-corrected chi connectivity index (χ4v) is 2.32. The van der Waals surface area contributed by atoms with Crippen LogP contribution in [0.4, 0.5) is 5.69 Å². The molecule has 1 aromatic carbocycles. The van der Waals surface area contributed by atoms with Gasteiger partial charge in [0.15, 0.2) is 6.61 Å². The highest BCUT2D eigenvalue weighted by Gasteiger charge is 2.15. The number of esters is 1. The van der Waals surface area contributed by atoms with Crippen molar-refractivity contribution >= 4 is 17.6 Å². The zero-order valence-corrected chi connectivity index (χ0v) is 15.8. The average molecular weight is 359 g/mol. The molecule has 140 valence electrons. The summed E-state index contributed by atoms with van der Waals surface area (Å²) in [4.78, 5) is 24.2. The standard InChI is InChI=1S/C19H25N3O4/c1-12(2)10-25-16-8-6-7-15(9-16)19(24)26-11-17(23)20-18-13(3)21-22(5)14(18)4/h6-9,12H,10-11H2,1-5H3,(H,20,23). The van der Waals surface area contributed by atoms with Gasteiger partial charge in [0.05, 0.1) is 29.2 Å². The van der Waals surface area contributed by atoms with Crippen LogP contribution in [-0.2, 0) is 16.6 Å². The van der Waals surface area contributed by atoms with Crippen LogP contribution >= 0.6 is 0 Å². The number of carbonyl (C=O) groups excluding carboxylic acids is 2. The largest absolute Gasteiger partial charge is 0.493 e. The van der Waals surface area contributed by atoms with Gasteiger partial charge in [0.2, 0.25) is 0 Å². The molecule has 1 amide bonds. The van der Waals surface area contributed by atoms with Gasteiger partial charge in [0.1, 0.15) is 5.75 Å². The third kappa shape index (κ3) is 5.08. The van der Waals surface area contributed by atoms with E-state index < -0.39 is 11.9 Å². The predicted octanol–water partition coefficient (Wildman–Crippen LogP) is 2.87. The summed E-state index contributed by atoms with van der Waals surface area (Å²) in [6.07, 6.45) is 0. The number of benzene rings is 1. The second kappa shape index (κ2) is 8.51. The second-order valence-corrected chi connectivity index (χ2v) is 6.53. The summed E-state index contributed by atoms with van der Waals surface area (Å²) < 4.78 is 12.4. The number of hydrogen-bond acceptors (Lipinski definition) is 5. The van der Waals surface area contributed by atoms with Crippen LogP contribution in [-0.4, -0.2) is 34.9 Å². The summed E-state index contributed by atoms with van der Waals surface area (Å²) in [6, 6.07) is 6.73. The summed E-state index contributed by atoms with van der Waals surface area (Å²) in [5.74, 6) is -0.00700. The summed E-state index contributed by atoms with van der Waals surface area (Å²) in [5.41, 5.74) is 2.52. The van der Waals surface area contributed by atoms with E-state index in [-0.39, 0.29) is 6.61 Å². The lowest BCUT2D eigenvalue weighted by Gasteiger charge is -2.10.